The fourth-order valence-corrected chi connectivity index (χ4v) is 1.93. The van der Waals surface area contributed by atoms with E-state index in [1.807, 2.05) is 0 Å². The zero-order valence-corrected chi connectivity index (χ0v) is 9.86. The van der Waals surface area contributed by atoms with Gasteiger partial charge in [-0.25, -0.2) is 0 Å². The van der Waals surface area contributed by atoms with E-state index >= 15 is 0 Å². The van der Waals surface area contributed by atoms with Crippen LogP contribution in [0.3, 0.4) is 0 Å². The second kappa shape index (κ2) is 6.71. The topological polar surface area (TPSA) is 0 Å². The molecule has 0 aromatic carbocycles. The van der Waals surface area contributed by atoms with Gasteiger partial charge < -0.3 is 9.41 Å². The normalized spacial score (nSPS) is 14.8. The monoisotopic (exact) mass is 249 g/mol. The van der Waals surface area contributed by atoms with Crippen LogP contribution in [-0.2, 0) is 24.7 Å². The third kappa shape index (κ3) is 4.30. The molecule has 0 bridgehead atoms. The Hall–Kier alpha value is 0.223. The van der Waals surface area contributed by atoms with Crippen LogP contribution in [0.5, 0.6) is 0 Å². The van der Waals surface area contributed by atoms with Gasteiger partial charge in [-0.1, -0.05) is 0 Å². The number of hydrogen-bond donors (Lipinski definition) is 0. The molecule has 1 aliphatic carbocycles. The van der Waals surface area contributed by atoms with Crippen molar-refractivity contribution in [3.05, 3.63) is 21.0 Å². The predicted octanol–water partition coefficient (Wildman–Crippen LogP) is -3.20. The summed E-state index contributed by atoms with van der Waals surface area (Å²) in [4.78, 5) is 0. The van der Waals surface area contributed by atoms with Crippen LogP contribution in [0.25, 0.3) is 0 Å². The van der Waals surface area contributed by atoms with Gasteiger partial charge in [-0.05, 0) is 0 Å². The number of halogens is 2. The standard InChI is InChI=1S/C9H13.2FH.Zr/c1-8(2)7-9-5-3-4-6-9;;;/h3,5,8H,4,7H2,1-2H3;2*1H;/q;;;+2/p-2. The average Bonchev–Trinajstić information content (AvgIpc) is 2.15. The molecule has 1 aliphatic rings. The van der Waals surface area contributed by atoms with Crippen LogP contribution in [-0.4, -0.2) is 0 Å². The molecule has 67 valence electrons. The maximum atomic E-state index is 2.30. The molecule has 0 N–H and O–H groups in total. The Labute approximate surface area is 87.7 Å². The van der Waals surface area contributed by atoms with Crippen molar-refractivity contribution in [3.8, 4) is 0 Å². The van der Waals surface area contributed by atoms with Crippen LogP contribution in [0, 0.1) is 5.92 Å². The van der Waals surface area contributed by atoms with Crippen molar-refractivity contribution < 1.29 is 34.1 Å². The summed E-state index contributed by atoms with van der Waals surface area (Å²) in [5, 5.41) is 0. The van der Waals surface area contributed by atoms with Crippen LogP contribution in [0.2, 0.25) is 0 Å². The van der Waals surface area contributed by atoms with Crippen LogP contribution in [0.15, 0.2) is 21.0 Å². The van der Waals surface area contributed by atoms with Crippen molar-refractivity contribution in [2.45, 2.75) is 26.7 Å². The summed E-state index contributed by atoms with van der Waals surface area (Å²) in [7, 11) is 0. The maximum Gasteiger partial charge on any atom is -1.00 e. The van der Waals surface area contributed by atoms with Gasteiger partial charge in [0.05, 0.1) is 0 Å². The molecule has 0 fully saturated rings. The van der Waals surface area contributed by atoms with Crippen molar-refractivity contribution in [3.63, 3.8) is 0 Å². The van der Waals surface area contributed by atoms with E-state index in [9.17, 15) is 0 Å². The first-order valence-corrected chi connectivity index (χ1v) is 5.03. The third-order valence-electron chi connectivity index (χ3n) is 1.66. The molecule has 0 radical (unpaired) electrons. The molecule has 0 saturated heterocycles. The van der Waals surface area contributed by atoms with E-state index in [0.717, 1.165) is 5.92 Å². The van der Waals surface area contributed by atoms with Crippen molar-refractivity contribution in [2.24, 2.45) is 5.92 Å². The molecule has 0 spiro atoms. The summed E-state index contributed by atoms with van der Waals surface area (Å²) in [5.74, 6) is 0.813. The van der Waals surface area contributed by atoms with Crippen molar-refractivity contribution >= 4 is 0 Å². The zero-order valence-electron chi connectivity index (χ0n) is 7.40. The zero-order chi connectivity index (χ0) is 7.56. The molecule has 3 heteroatoms. The molecule has 0 aliphatic heterocycles. The van der Waals surface area contributed by atoms with E-state index in [0.29, 0.717) is 0 Å². The van der Waals surface area contributed by atoms with Crippen LogP contribution in [0.1, 0.15) is 26.7 Å². The molecule has 0 nitrogen and oxygen atoms in total. The van der Waals surface area contributed by atoms with Gasteiger partial charge in [0.2, 0.25) is 0 Å². The molecule has 0 unspecified atom stereocenters. The largest absolute Gasteiger partial charge is 1.00 e. The van der Waals surface area contributed by atoms with E-state index in [-0.39, 0.29) is 9.41 Å². The predicted molar refractivity (Wildman–Crippen MR) is 40.2 cm³/mol. The molecule has 0 aromatic rings. The molecular weight excluding hydrogens is 237 g/mol. The van der Waals surface area contributed by atoms with Gasteiger partial charge in [0, 0.05) is 0 Å². The minimum absolute atomic E-state index is 0. The van der Waals surface area contributed by atoms with Gasteiger partial charge in [-0.2, -0.15) is 0 Å². The molecule has 0 amide bonds. The molecule has 1 rings (SSSR count). The van der Waals surface area contributed by atoms with Crippen LogP contribution < -0.4 is 9.41 Å². The minimum Gasteiger partial charge on any atom is -1.00 e. The molecule has 0 saturated carbocycles. The average molecular weight is 250 g/mol. The second-order valence-corrected chi connectivity index (χ2v) is 4.69. The summed E-state index contributed by atoms with van der Waals surface area (Å²) in [6.07, 6.45) is 7.07. The maximum absolute atomic E-state index is 2.30. The van der Waals surface area contributed by atoms with Gasteiger partial charge in [-0.15, -0.1) is 0 Å². The van der Waals surface area contributed by atoms with Gasteiger partial charge >= 0.3 is 78.3 Å². The molecule has 12 heavy (non-hydrogen) atoms. The van der Waals surface area contributed by atoms with E-state index in [1.54, 1.807) is 33.6 Å². The van der Waals surface area contributed by atoms with Crippen molar-refractivity contribution in [1.82, 2.24) is 0 Å². The van der Waals surface area contributed by atoms with E-state index in [4.69, 9.17) is 0 Å². The van der Waals surface area contributed by atoms with E-state index in [1.165, 1.54) is 12.8 Å². The van der Waals surface area contributed by atoms with Crippen molar-refractivity contribution in [2.75, 3.05) is 0 Å². The van der Waals surface area contributed by atoms with E-state index < -0.39 is 0 Å². The molecule has 0 atom stereocenters. The summed E-state index contributed by atoms with van der Waals surface area (Å²) in [6.45, 7) is 4.56. The number of rotatable bonds is 2. The summed E-state index contributed by atoms with van der Waals surface area (Å²) in [6, 6.07) is 0. The second-order valence-electron chi connectivity index (χ2n) is 3.21. The van der Waals surface area contributed by atoms with Gasteiger partial charge in [0.1, 0.15) is 0 Å². The Bertz CT molecular complexity index is 183. The fourth-order valence-electron chi connectivity index (χ4n) is 1.18. The summed E-state index contributed by atoms with van der Waals surface area (Å²) in [5.41, 5.74) is 1.60. The van der Waals surface area contributed by atoms with Crippen LogP contribution >= 0.6 is 0 Å². The number of allylic oxidation sites excluding steroid dienone is 4. The van der Waals surface area contributed by atoms with E-state index in [2.05, 4.69) is 26.0 Å². The first-order valence-electron chi connectivity index (χ1n) is 3.80. The molecule has 0 heterocycles. The summed E-state index contributed by atoms with van der Waals surface area (Å²) >= 11 is 1.60. The smallest absolute Gasteiger partial charge is 1.00 e. The minimum atomic E-state index is 0. The Morgan fingerprint density at radius 2 is 2.00 bits per heavy atom. The Kier molecular flexibility index (Phi) is 8.24. The van der Waals surface area contributed by atoms with Gasteiger partial charge in [0.25, 0.3) is 0 Å². The first kappa shape index (κ1) is 14.7. The fraction of sp³-hybridized carbons (Fsp3) is 0.556. The van der Waals surface area contributed by atoms with Gasteiger partial charge in [0.15, 0.2) is 0 Å². The summed E-state index contributed by atoms with van der Waals surface area (Å²) < 4.78 is 1.65. The SMILES string of the molecule is CC(C)CC1=[C]([Zr+2])CC=C1.[F-].[F-]. The number of hydrogen-bond acceptors (Lipinski definition) is 0. The molecule has 0 aromatic heterocycles. The van der Waals surface area contributed by atoms with Crippen LogP contribution in [0.4, 0.5) is 0 Å². The Morgan fingerprint density at radius 1 is 1.42 bits per heavy atom. The Morgan fingerprint density at radius 3 is 2.33 bits per heavy atom. The van der Waals surface area contributed by atoms with Gasteiger partial charge in [-0.3, -0.25) is 0 Å². The third-order valence-corrected chi connectivity index (χ3v) is 2.95. The first-order chi connectivity index (χ1) is 4.70. The van der Waals surface area contributed by atoms with Crippen molar-refractivity contribution in [1.29, 1.82) is 0 Å². The quantitative estimate of drug-likeness (QED) is 0.484. The molecular formula is C9H13F2Zr. The Balaban J connectivity index is 0.